The van der Waals surface area contributed by atoms with E-state index in [1.54, 1.807) is 0 Å². The van der Waals surface area contributed by atoms with Gasteiger partial charge in [0, 0.05) is 50.1 Å². The third-order valence-corrected chi connectivity index (χ3v) is 23.3. The summed E-state index contributed by atoms with van der Waals surface area (Å²) < 4.78 is 16.5. The quantitative estimate of drug-likeness (QED) is 0.144. The van der Waals surface area contributed by atoms with Crippen molar-refractivity contribution in [2.45, 2.75) is 10.8 Å². The predicted molar refractivity (Wildman–Crippen MR) is 447 cm³/mol. The Morgan fingerprint density at radius 1 is 0.174 bits per heavy atom. The fourth-order valence-corrected chi connectivity index (χ4v) is 18.5. The summed E-state index contributed by atoms with van der Waals surface area (Å²) in [6, 6.07) is 150. The van der Waals surface area contributed by atoms with E-state index in [0.29, 0.717) is 0 Å². The predicted octanol–water partition coefficient (Wildman–Crippen LogP) is 27.3. The van der Waals surface area contributed by atoms with Crippen LogP contribution in [0.25, 0.3) is 94.3 Å². The first kappa shape index (κ1) is 62.1. The summed E-state index contributed by atoms with van der Waals surface area (Å²) in [4.78, 5) is 4.98. The number of rotatable bonds is 9. The van der Waals surface area contributed by atoms with Crippen LogP contribution in [0.2, 0.25) is 0 Å². The molecule has 510 valence electrons. The Hall–Kier alpha value is -14.3. The van der Waals surface area contributed by atoms with Gasteiger partial charge in [-0.25, -0.2) is 0 Å². The number of ether oxygens (including phenoxy) is 2. The van der Waals surface area contributed by atoms with Gasteiger partial charge in [0.05, 0.1) is 44.6 Å². The number of aromatic nitrogens is 1. The monoisotopic (exact) mass is 1390 g/mol. The van der Waals surface area contributed by atoms with Crippen molar-refractivity contribution in [3.05, 3.63) is 451 Å². The Balaban J connectivity index is 0.766. The van der Waals surface area contributed by atoms with Crippen molar-refractivity contribution in [1.82, 2.24) is 4.57 Å². The number of benzene rings is 17. The number of fused-ring (bicyclic) bond motifs is 19. The van der Waals surface area contributed by atoms with Crippen LogP contribution in [0.4, 0.5) is 34.1 Å². The molecule has 2 spiro atoms. The smallest absolute Gasteiger partial charge is 0.132 e. The van der Waals surface area contributed by atoms with Crippen LogP contribution >= 0.6 is 0 Å². The standard InChI is InChI=1S/C104H67N3O2/c1-6-24-68(25-7-1)72-42-52-81(53-43-72)106-95-58-48-76(70-28-10-3-11-29-70)64-89(95)103(85-34-16-20-38-99(85)108-100-39-21-17-35-86(100)103)91-66-78(50-60-97(91)106)74-46-56-93-83(62-74)84-63-75(47-57-94(84)105(93)80-32-14-5-15-33-80)79-51-61-98-92(67-79)104(87-36-18-22-40-101(87)109-102-41-23-19-37-88(102)104)90-65-77(71-30-12-4-13-31-71)49-59-96(90)107(98)82-54-44-73(45-55-82)69-26-8-2-9-27-69/h1-67H. The largest absolute Gasteiger partial charge is 0.457 e. The Labute approximate surface area is 633 Å². The Morgan fingerprint density at radius 3 is 0.734 bits per heavy atom. The lowest BCUT2D eigenvalue weighted by Crippen LogP contribution is -2.39. The highest BCUT2D eigenvalue weighted by Crippen LogP contribution is 2.66. The highest BCUT2D eigenvalue weighted by molar-refractivity contribution is 6.12. The zero-order chi connectivity index (χ0) is 71.7. The van der Waals surface area contributed by atoms with Crippen molar-refractivity contribution in [3.8, 4) is 95.4 Å². The first-order chi connectivity index (χ1) is 54.0. The molecule has 0 atom stereocenters. The molecule has 5 heterocycles. The van der Waals surface area contributed by atoms with Crippen molar-refractivity contribution in [1.29, 1.82) is 0 Å². The first-order valence-electron chi connectivity index (χ1n) is 37.5. The van der Waals surface area contributed by atoms with Gasteiger partial charge in [0.15, 0.2) is 0 Å². The van der Waals surface area contributed by atoms with E-state index in [0.717, 1.165) is 174 Å². The molecule has 5 heteroatoms. The maximum absolute atomic E-state index is 7.04. The molecule has 1 aromatic heterocycles. The van der Waals surface area contributed by atoms with Gasteiger partial charge in [-0.15, -0.1) is 0 Å². The normalized spacial score (nSPS) is 13.6. The molecule has 0 unspecified atom stereocenters. The third-order valence-electron chi connectivity index (χ3n) is 23.3. The van der Waals surface area contributed by atoms with E-state index in [9.17, 15) is 0 Å². The van der Waals surface area contributed by atoms with Gasteiger partial charge >= 0.3 is 0 Å². The van der Waals surface area contributed by atoms with Crippen LogP contribution in [0.3, 0.4) is 0 Å². The molecular formula is C104H67N3O2. The van der Waals surface area contributed by atoms with Crippen molar-refractivity contribution in [3.63, 3.8) is 0 Å². The minimum absolute atomic E-state index is 0.835. The third kappa shape index (κ3) is 9.53. The molecule has 17 aromatic carbocycles. The summed E-state index contributed by atoms with van der Waals surface area (Å²) >= 11 is 0. The SMILES string of the molecule is c1ccc(-c2ccc(N3c4ccc(-c5ccccc5)cc4C4(c5ccccc5Oc5ccccc54)c4cc(-c5ccc6c(c5)c5cc(-c7ccc8c(c7)C7(c9ccccc9Oc9ccccc97)c7cc(-c9ccccc9)ccc7N8c7ccc(-c8ccccc8)cc7)ccc5n6-c5ccccc5)ccc43)cc2)cc1. The summed E-state index contributed by atoms with van der Waals surface area (Å²) in [7, 11) is 0. The summed E-state index contributed by atoms with van der Waals surface area (Å²) in [6.45, 7) is 0. The molecular weight excluding hydrogens is 1320 g/mol. The molecule has 0 amide bonds. The van der Waals surface area contributed by atoms with Crippen LogP contribution in [-0.4, -0.2) is 4.57 Å². The minimum Gasteiger partial charge on any atom is -0.457 e. The second-order valence-electron chi connectivity index (χ2n) is 29.0. The van der Waals surface area contributed by atoms with Gasteiger partial charge in [-0.1, -0.05) is 273 Å². The van der Waals surface area contributed by atoms with E-state index < -0.39 is 10.8 Å². The maximum atomic E-state index is 7.04. The van der Waals surface area contributed by atoms with E-state index in [-0.39, 0.29) is 0 Å². The van der Waals surface area contributed by atoms with Crippen LogP contribution in [0.15, 0.2) is 406 Å². The zero-order valence-corrected chi connectivity index (χ0v) is 59.3. The maximum Gasteiger partial charge on any atom is 0.132 e. The van der Waals surface area contributed by atoms with Crippen molar-refractivity contribution in [2.75, 3.05) is 9.80 Å². The number of hydrogen-bond donors (Lipinski definition) is 0. The average molecular weight is 1390 g/mol. The average Bonchev–Trinajstić information content (AvgIpc) is 1.18. The molecule has 5 nitrogen and oxygen atoms in total. The minimum atomic E-state index is -0.835. The Bertz CT molecular complexity index is 6180. The highest BCUT2D eigenvalue weighted by atomic mass is 16.5. The summed E-state index contributed by atoms with van der Waals surface area (Å²) in [5, 5.41) is 2.30. The van der Waals surface area contributed by atoms with Gasteiger partial charge in [0.25, 0.3) is 0 Å². The van der Waals surface area contributed by atoms with Crippen LogP contribution in [0.1, 0.15) is 44.5 Å². The second kappa shape index (κ2) is 24.7. The Morgan fingerprint density at radius 2 is 0.413 bits per heavy atom. The van der Waals surface area contributed by atoms with E-state index in [4.69, 9.17) is 9.47 Å². The number of hydrogen-bond acceptors (Lipinski definition) is 4. The molecule has 4 aliphatic rings. The van der Waals surface area contributed by atoms with E-state index in [2.05, 4.69) is 421 Å². The number of para-hydroxylation sites is 5. The lowest BCUT2D eigenvalue weighted by molar-refractivity contribution is 0.434. The fraction of sp³-hybridized carbons (Fsp3) is 0.0192. The molecule has 4 aliphatic heterocycles. The van der Waals surface area contributed by atoms with Gasteiger partial charge in [-0.05, 0) is 222 Å². The van der Waals surface area contributed by atoms with Gasteiger partial charge < -0.3 is 23.8 Å². The highest BCUT2D eigenvalue weighted by Gasteiger charge is 2.54. The molecule has 0 bridgehead atoms. The first-order valence-corrected chi connectivity index (χ1v) is 37.5. The van der Waals surface area contributed by atoms with E-state index in [1.165, 1.54) is 22.3 Å². The zero-order valence-electron chi connectivity index (χ0n) is 59.3. The summed E-state index contributed by atoms with van der Waals surface area (Å²) in [6.07, 6.45) is 0. The van der Waals surface area contributed by atoms with E-state index in [1.807, 2.05) is 0 Å². The van der Waals surface area contributed by atoms with E-state index >= 15 is 0 Å². The van der Waals surface area contributed by atoms with Crippen molar-refractivity contribution < 1.29 is 9.47 Å². The van der Waals surface area contributed by atoms with Gasteiger partial charge in [-0.3, -0.25) is 0 Å². The van der Waals surface area contributed by atoms with Crippen LogP contribution in [0, 0.1) is 0 Å². The van der Waals surface area contributed by atoms with Crippen LogP contribution in [-0.2, 0) is 10.8 Å². The molecule has 22 rings (SSSR count). The number of nitrogens with zero attached hydrogens (tertiary/aromatic N) is 3. The molecule has 0 saturated carbocycles. The summed E-state index contributed by atoms with van der Waals surface area (Å²) in [5.74, 6) is 3.35. The molecule has 18 aromatic rings. The van der Waals surface area contributed by atoms with Gasteiger partial charge in [-0.2, -0.15) is 0 Å². The summed E-state index contributed by atoms with van der Waals surface area (Å²) in [5.41, 5.74) is 31.0. The van der Waals surface area contributed by atoms with Gasteiger partial charge in [0.2, 0.25) is 0 Å². The van der Waals surface area contributed by atoms with Crippen LogP contribution < -0.4 is 19.3 Å². The fourth-order valence-electron chi connectivity index (χ4n) is 18.5. The molecule has 0 radical (unpaired) electrons. The Kier molecular flexibility index (Phi) is 14.1. The van der Waals surface area contributed by atoms with Crippen molar-refractivity contribution >= 4 is 55.9 Å². The molecule has 109 heavy (non-hydrogen) atoms. The lowest BCUT2D eigenvalue weighted by atomic mass is 9.60. The molecule has 0 saturated heterocycles. The van der Waals surface area contributed by atoms with Crippen LogP contribution in [0.5, 0.6) is 23.0 Å². The topological polar surface area (TPSA) is 29.9 Å². The second-order valence-corrected chi connectivity index (χ2v) is 29.0. The van der Waals surface area contributed by atoms with Crippen molar-refractivity contribution in [2.24, 2.45) is 0 Å². The number of anilines is 6. The van der Waals surface area contributed by atoms with Gasteiger partial charge in [0.1, 0.15) is 23.0 Å². The molecule has 0 aliphatic carbocycles. The molecule has 0 fully saturated rings. The molecule has 0 N–H and O–H groups in total. The lowest BCUT2D eigenvalue weighted by Gasteiger charge is -2.49.